The summed E-state index contributed by atoms with van der Waals surface area (Å²) in [7, 11) is 4.16. The Morgan fingerprint density at radius 1 is 1.35 bits per heavy atom. The van der Waals surface area contributed by atoms with Crippen LogP contribution < -0.4 is 4.84 Å². The number of hydrogen-bond acceptors (Lipinski definition) is 4. The van der Waals surface area contributed by atoms with Crippen LogP contribution in [0.15, 0.2) is 23.4 Å². The van der Waals surface area contributed by atoms with Gasteiger partial charge in [-0.25, -0.2) is 4.39 Å². The van der Waals surface area contributed by atoms with Crippen molar-refractivity contribution >= 4 is 5.71 Å². The molecule has 0 unspecified atom stereocenters. The number of halogens is 1. The van der Waals surface area contributed by atoms with Gasteiger partial charge in [0.2, 0.25) is 0 Å². The number of hydrogen-bond donors (Lipinski definition) is 0. The van der Waals surface area contributed by atoms with Crippen LogP contribution in [0.1, 0.15) is 31.2 Å². The molecule has 1 saturated carbocycles. The average molecular weight is 275 g/mol. The zero-order chi connectivity index (χ0) is 14.5. The Bertz CT molecular complexity index is 539. The summed E-state index contributed by atoms with van der Waals surface area (Å²) in [5.74, 6) is -0.259. The molecule has 106 valence electrons. The second-order valence-corrected chi connectivity index (χ2v) is 5.20. The number of benzene rings is 1. The van der Waals surface area contributed by atoms with Crippen LogP contribution >= 0.6 is 0 Å². The molecule has 0 heterocycles. The number of nitriles is 1. The van der Waals surface area contributed by atoms with Crippen LogP contribution in [0.4, 0.5) is 4.39 Å². The van der Waals surface area contributed by atoms with Crippen LogP contribution in [-0.4, -0.2) is 30.7 Å². The van der Waals surface area contributed by atoms with Crippen LogP contribution in [0.2, 0.25) is 0 Å². The maximum Gasteiger partial charge on any atom is 0.178 e. The highest BCUT2D eigenvalue weighted by Gasteiger charge is 2.19. The number of oxime groups is 1. The van der Waals surface area contributed by atoms with Crippen LogP contribution in [0, 0.1) is 17.1 Å². The molecule has 1 aliphatic rings. The Hall–Kier alpha value is -1.93. The van der Waals surface area contributed by atoms with Crippen molar-refractivity contribution in [1.29, 1.82) is 5.26 Å². The Labute approximate surface area is 118 Å². The molecule has 4 nitrogen and oxygen atoms in total. The Kier molecular flexibility index (Phi) is 4.70. The Morgan fingerprint density at radius 2 is 2.05 bits per heavy atom. The summed E-state index contributed by atoms with van der Waals surface area (Å²) in [4.78, 5) is 7.48. The molecule has 0 bridgehead atoms. The summed E-state index contributed by atoms with van der Waals surface area (Å²) in [6.07, 6.45) is 3.84. The molecule has 0 saturated heterocycles. The number of rotatable bonds is 3. The highest BCUT2D eigenvalue weighted by Crippen LogP contribution is 2.22. The van der Waals surface area contributed by atoms with Gasteiger partial charge in [-0.15, -0.1) is 0 Å². The zero-order valence-corrected chi connectivity index (χ0v) is 11.8. The van der Waals surface area contributed by atoms with Crippen LogP contribution in [-0.2, 0) is 0 Å². The fourth-order valence-electron chi connectivity index (χ4n) is 2.32. The minimum atomic E-state index is -0.435. The van der Waals surface area contributed by atoms with Gasteiger partial charge in [0.15, 0.2) is 5.75 Å². The predicted molar refractivity (Wildman–Crippen MR) is 75.1 cm³/mol. The summed E-state index contributed by atoms with van der Waals surface area (Å²) < 4.78 is 13.1. The first-order chi connectivity index (χ1) is 9.60. The normalized spacial score (nSPS) is 18.8. The monoisotopic (exact) mass is 275 g/mol. The van der Waals surface area contributed by atoms with Gasteiger partial charge >= 0.3 is 0 Å². The van der Waals surface area contributed by atoms with E-state index in [1.54, 1.807) is 0 Å². The van der Waals surface area contributed by atoms with Crippen molar-refractivity contribution in [1.82, 2.24) is 4.90 Å². The molecule has 0 atom stereocenters. The van der Waals surface area contributed by atoms with E-state index in [0.29, 0.717) is 6.04 Å². The van der Waals surface area contributed by atoms with E-state index in [-0.39, 0.29) is 11.3 Å². The van der Waals surface area contributed by atoms with Crippen LogP contribution in [0.3, 0.4) is 0 Å². The van der Waals surface area contributed by atoms with Gasteiger partial charge in [-0.3, -0.25) is 0 Å². The standard InChI is InChI=1S/C15H18FN3O/c1-19(2)14-7-5-13(6-8-14)18-20-15-9-12(16)4-3-11(15)10-17/h3-4,9,14H,5-8H2,1-2H3. The van der Waals surface area contributed by atoms with E-state index < -0.39 is 5.82 Å². The van der Waals surface area contributed by atoms with Gasteiger partial charge in [0.25, 0.3) is 0 Å². The largest absolute Gasteiger partial charge is 0.356 e. The van der Waals surface area contributed by atoms with Gasteiger partial charge in [-0.2, -0.15) is 5.26 Å². The summed E-state index contributed by atoms with van der Waals surface area (Å²) in [5, 5.41) is 13.0. The van der Waals surface area contributed by atoms with Gasteiger partial charge in [-0.1, -0.05) is 5.16 Å². The third kappa shape index (κ3) is 3.55. The Balaban J connectivity index is 2.01. The molecule has 0 spiro atoms. The molecule has 1 aliphatic carbocycles. The molecule has 0 aromatic heterocycles. The SMILES string of the molecule is CN(C)C1CCC(=NOc2cc(F)ccc2C#N)CC1. The highest BCUT2D eigenvalue weighted by atomic mass is 19.1. The van der Waals surface area contributed by atoms with E-state index in [1.807, 2.05) is 6.07 Å². The molecule has 20 heavy (non-hydrogen) atoms. The van der Waals surface area contributed by atoms with Crippen LogP contribution in [0.5, 0.6) is 5.75 Å². The summed E-state index contributed by atoms with van der Waals surface area (Å²) in [6, 6.07) is 6.37. The smallest absolute Gasteiger partial charge is 0.178 e. The lowest BCUT2D eigenvalue weighted by Crippen LogP contribution is -2.32. The molecule has 0 amide bonds. The van der Waals surface area contributed by atoms with Gasteiger partial charge in [0, 0.05) is 12.1 Å². The lowest BCUT2D eigenvalue weighted by molar-refractivity contribution is 0.256. The average Bonchev–Trinajstić information content (AvgIpc) is 2.45. The van der Waals surface area contributed by atoms with E-state index in [1.165, 1.54) is 18.2 Å². The van der Waals surface area contributed by atoms with Crippen molar-refractivity contribution in [3.05, 3.63) is 29.6 Å². The lowest BCUT2D eigenvalue weighted by Gasteiger charge is -2.28. The van der Waals surface area contributed by atoms with Crippen molar-refractivity contribution in [2.45, 2.75) is 31.7 Å². The fraction of sp³-hybridized carbons (Fsp3) is 0.467. The minimum absolute atomic E-state index is 0.176. The van der Waals surface area contributed by atoms with Crippen LogP contribution in [0.25, 0.3) is 0 Å². The summed E-state index contributed by atoms with van der Waals surface area (Å²) >= 11 is 0. The summed E-state index contributed by atoms with van der Waals surface area (Å²) in [6.45, 7) is 0. The maximum absolute atomic E-state index is 13.1. The first-order valence-corrected chi connectivity index (χ1v) is 6.69. The first kappa shape index (κ1) is 14.5. The molecular weight excluding hydrogens is 257 g/mol. The van der Waals surface area contributed by atoms with Gasteiger partial charge in [-0.05, 0) is 51.9 Å². The molecule has 0 aliphatic heterocycles. The number of nitrogens with zero attached hydrogens (tertiary/aromatic N) is 3. The van der Waals surface area contributed by atoms with Crippen molar-refractivity contribution in [2.75, 3.05) is 14.1 Å². The molecule has 1 aromatic rings. The van der Waals surface area contributed by atoms with E-state index in [9.17, 15) is 4.39 Å². The molecular formula is C15H18FN3O. The molecule has 1 aromatic carbocycles. The molecule has 0 radical (unpaired) electrons. The van der Waals surface area contributed by atoms with E-state index in [0.717, 1.165) is 31.4 Å². The second-order valence-electron chi connectivity index (χ2n) is 5.20. The van der Waals surface area contributed by atoms with E-state index in [4.69, 9.17) is 10.1 Å². The Morgan fingerprint density at radius 3 is 2.65 bits per heavy atom. The topological polar surface area (TPSA) is 48.6 Å². The first-order valence-electron chi connectivity index (χ1n) is 6.69. The molecule has 0 N–H and O–H groups in total. The third-order valence-electron chi connectivity index (χ3n) is 3.60. The lowest BCUT2D eigenvalue weighted by atomic mass is 9.93. The fourth-order valence-corrected chi connectivity index (χ4v) is 2.32. The predicted octanol–water partition coefficient (Wildman–Crippen LogP) is 2.94. The van der Waals surface area contributed by atoms with Gasteiger partial charge in [0.1, 0.15) is 11.9 Å². The zero-order valence-electron chi connectivity index (χ0n) is 11.8. The van der Waals surface area contributed by atoms with Crippen molar-refractivity contribution in [3.8, 4) is 11.8 Å². The van der Waals surface area contributed by atoms with Crippen molar-refractivity contribution < 1.29 is 9.23 Å². The van der Waals surface area contributed by atoms with E-state index in [2.05, 4.69) is 24.2 Å². The molecule has 2 rings (SSSR count). The molecule has 5 heteroatoms. The molecule has 1 fully saturated rings. The highest BCUT2D eigenvalue weighted by molar-refractivity contribution is 5.84. The van der Waals surface area contributed by atoms with Gasteiger partial charge in [0.05, 0.1) is 11.3 Å². The minimum Gasteiger partial charge on any atom is -0.356 e. The van der Waals surface area contributed by atoms with Crippen molar-refractivity contribution in [2.24, 2.45) is 5.16 Å². The van der Waals surface area contributed by atoms with Gasteiger partial charge < -0.3 is 9.74 Å². The maximum atomic E-state index is 13.1. The third-order valence-corrected chi connectivity index (χ3v) is 3.60. The van der Waals surface area contributed by atoms with Crippen molar-refractivity contribution in [3.63, 3.8) is 0 Å². The second kappa shape index (κ2) is 6.49. The van der Waals surface area contributed by atoms with E-state index >= 15 is 0 Å². The quantitative estimate of drug-likeness (QED) is 0.797. The summed E-state index contributed by atoms with van der Waals surface area (Å²) in [5.41, 5.74) is 1.26.